The van der Waals surface area contributed by atoms with Crippen LogP contribution in [0.3, 0.4) is 0 Å². The van der Waals surface area contributed by atoms with Crippen molar-refractivity contribution < 1.29 is 28.2 Å². The van der Waals surface area contributed by atoms with Gasteiger partial charge in [0.1, 0.15) is 18.2 Å². The Bertz CT molecular complexity index is 1050. The number of carbonyl (C=O) groups is 1. The van der Waals surface area contributed by atoms with Gasteiger partial charge in [-0.2, -0.15) is 13.2 Å². The van der Waals surface area contributed by atoms with E-state index in [0.717, 1.165) is 25.0 Å². The monoisotopic (exact) mass is 479 g/mol. The number of aliphatic hydroxyl groups excluding tert-OH is 1. The Morgan fingerprint density at radius 1 is 1.29 bits per heavy atom. The number of rotatable bonds is 7. The molecule has 0 bridgehead atoms. The molecule has 1 amide bonds. The number of aliphatic hydroxyl groups is 2. The molecule has 2 aliphatic rings. The molecular weight excluding hydrogens is 451 g/mol. The lowest BCUT2D eigenvalue weighted by atomic mass is 9.77. The van der Waals surface area contributed by atoms with Crippen LogP contribution < -0.4 is 10.6 Å². The van der Waals surface area contributed by atoms with Crippen LogP contribution in [-0.2, 0) is 11.0 Å². The van der Waals surface area contributed by atoms with Crippen LogP contribution in [-0.4, -0.2) is 74.4 Å². The van der Waals surface area contributed by atoms with Crippen molar-refractivity contribution in [1.29, 1.82) is 0 Å². The summed E-state index contributed by atoms with van der Waals surface area (Å²) >= 11 is 0. The van der Waals surface area contributed by atoms with Gasteiger partial charge >= 0.3 is 6.18 Å². The van der Waals surface area contributed by atoms with E-state index in [9.17, 15) is 28.2 Å². The highest BCUT2D eigenvalue weighted by Gasteiger charge is 2.42. The fourth-order valence-corrected chi connectivity index (χ4v) is 4.70. The summed E-state index contributed by atoms with van der Waals surface area (Å²) in [6.07, 6.45) is -0.332. The first-order chi connectivity index (χ1) is 16.1. The van der Waals surface area contributed by atoms with Gasteiger partial charge in [-0.3, -0.25) is 9.69 Å². The van der Waals surface area contributed by atoms with Crippen molar-refractivity contribution in [2.75, 3.05) is 25.0 Å². The van der Waals surface area contributed by atoms with Crippen LogP contribution in [0.25, 0.3) is 10.9 Å². The van der Waals surface area contributed by atoms with Crippen molar-refractivity contribution in [1.82, 2.24) is 20.2 Å². The number of nitrogens with zero attached hydrogens (tertiary/aromatic N) is 3. The number of halogens is 3. The second kappa shape index (κ2) is 9.47. The predicted molar refractivity (Wildman–Crippen MR) is 120 cm³/mol. The average molecular weight is 480 g/mol. The molecule has 2 heterocycles. The van der Waals surface area contributed by atoms with Gasteiger partial charge in [-0.1, -0.05) is 6.08 Å². The number of alkyl halides is 3. The lowest BCUT2D eigenvalue weighted by Gasteiger charge is -2.48. The number of amides is 1. The topological polar surface area (TPSA) is 111 Å². The third-order valence-corrected chi connectivity index (χ3v) is 6.77. The van der Waals surface area contributed by atoms with E-state index in [1.54, 1.807) is 0 Å². The van der Waals surface area contributed by atoms with Gasteiger partial charge in [0, 0.05) is 24.5 Å². The van der Waals surface area contributed by atoms with Gasteiger partial charge in [0.25, 0.3) is 0 Å². The maximum atomic E-state index is 13.0. The summed E-state index contributed by atoms with van der Waals surface area (Å²) in [5.74, 6) is -0.117. The zero-order valence-electron chi connectivity index (χ0n) is 18.6. The molecule has 1 aromatic heterocycles. The lowest BCUT2D eigenvalue weighted by molar-refractivity contribution is -0.137. The third-order valence-electron chi connectivity index (χ3n) is 6.77. The van der Waals surface area contributed by atoms with Crippen molar-refractivity contribution in [2.24, 2.45) is 0 Å². The average Bonchev–Trinajstić information content (AvgIpc) is 2.79. The third kappa shape index (κ3) is 5.16. The Morgan fingerprint density at radius 2 is 2.00 bits per heavy atom. The molecule has 1 saturated carbocycles. The van der Waals surface area contributed by atoms with Crippen molar-refractivity contribution in [3.8, 4) is 0 Å². The largest absolute Gasteiger partial charge is 0.416 e. The van der Waals surface area contributed by atoms with Crippen LogP contribution in [0.5, 0.6) is 0 Å². The molecule has 4 N–H and O–H groups in total. The minimum Gasteiger partial charge on any atom is -0.387 e. The number of hydrogen-bond acceptors (Lipinski definition) is 7. The van der Waals surface area contributed by atoms with Crippen molar-refractivity contribution in [2.45, 2.75) is 55.6 Å². The zero-order valence-corrected chi connectivity index (χ0v) is 18.6. The Hall–Kier alpha value is -2.76. The van der Waals surface area contributed by atoms with Gasteiger partial charge in [-0.25, -0.2) is 9.97 Å². The summed E-state index contributed by atoms with van der Waals surface area (Å²) in [4.78, 5) is 22.6. The van der Waals surface area contributed by atoms with Crippen molar-refractivity contribution >= 4 is 22.6 Å². The van der Waals surface area contributed by atoms with E-state index in [1.165, 1.54) is 18.5 Å². The molecule has 184 valence electrons. The summed E-state index contributed by atoms with van der Waals surface area (Å²) in [6, 6.07) is 3.48. The molecule has 11 heteroatoms. The van der Waals surface area contributed by atoms with E-state index in [1.807, 2.05) is 0 Å². The smallest absolute Gasteiger partial charge is 0.387 e. The molecule has 0 spiro atoms. The molecule has 34 heavy (non-hydrogen) atoms. The van der Waals surface area contributed by atoms with E-state index in [0.29, 0.717) is 37.5 Å². The molecule has 1 saturated heterocycles. The molecule has 1 atom stereocenters. The summed E-state index contributed by atoms with van der Waals surface area (Å²) in [6.45, 7) is 4.78. The van der Waals surface area contributed by atoms with Crippen LogP contribution in [0.4, 0.5) is 19.0 Å². The summed E-state index contributed by atoms with van der Waals surface area (Å²) in [5.41, 5.74) is -1.58. The quantitative estimate of drug-likeness (QED) is 0.450. The highest BCUT2D eigenvalue weighted by Crippen LogP contribution is 2.35. The Kier molecular flexibility index (Phi) is 6.79. The standard InChI is InChI=1S/C23H28F3N5O3/c1-2-19(32)22(34)7-5-16(6-8-22)31-11-15(12-31)30-20(33)10-27-21-17-9-14(23(24,25)26)3-4-18(17)28-13-29-21/h2-4,9,13,15-16,19,32,34H,1,5-8,10-12H2,(H,30,33)(H,27,28,29)/t16-,19?,22-. The van der Waals surface area contributed by atoms with Gasteiger partial charge in [-0.15, -0.1) is 6.58 Å². The predicted octanol–water partition coefficient (Wildman–Crippen LogP) is 2.08. The minimum atomic E-state index is -4.49. The molecule has 2 aromatic rings. The Morgan fingerprint density at radius 3 is 2.65 bits per heavy atom. The molecule has 1 unspecified atom stereocenters. The number of fused-ring (bicyclic) bond motifs is 1. The molecule has 8 nitrogen and oxygen atoms in total. The summed E-state index contributed by atoms with van der Waals surface area (Å²) in [7, 11) is 0. The van der Waals surface area contributed by atoms with E-state index < -0.39 is 23.4 Å². The molecular formula is C23H28F3N5O3. The number of benzene rings is 1. The maximum Gasteiger partial charge on any atom is 0.416 e. The van der Waals surface area contributed by atoms with Gasteiger partial charge < -0.3 is 20.8 Å². The maximum absolute atomic E-state index is 13.0. The SMILES string of the molecule is C=CC(O)[C@]1(O)CC[C@H](N2CC(NC(=O)CNc3ncnc4ccc(C(F)(F)F)cc34)C2)CC1. The second-order valence-corrected chi connectivity index (χ2v) is 9.04. The number of hydrogen-bond donors (Lipinski definition) is 4. The Labute approximate surface area is 194 Å². The van der Waals surface area contributed by atoms with Crippen molar-refractivity contribution in [3.63, 3.8) is 0 Å². The fraction of sp³-hybridized carbons (Fsp3) is 0.522. The molecule has 1 aromatic carbocycles. The van der Waals surface area contributed by atoms with Crippen LogP contribution in [0.15, 0.2) is 37.2 Å². The number of carbonyl (C=O) groups excluding carboxylic acids is 1. The van der Waals surface area contributed by atoms with Crippen LogP contribution in [0.1, 0.15) is 31.2 Å². The van der Waals surface area contributed by atoms with Gasteiger partial charge in [0.05, 0.1) is 29.3 Å². The van der Waals surface area contributed by atoms with E-state index in [2.05, 4.69) is 32.1 Å². The zero-order chi connectivity index (χ0) is 24.5. The van der Waals surface area contributed by atoms with Gasteiger partial charge in [0.2, 0.25) is 5.91 Å². The molecule has 1 aliphatic carbocycles. The molecule has 1 aliphatic heterocycles. The van der Waals surface area contributed by atoms with E-state index in [4.69, 9.17) is 0 Å². The highest BCUT2D eigenvalue weighted by molar-refractivity contribution is 5.91. The van der Waals surface area contributed by atoms with Crippen LogP contribution >= 0.6 is 0 Å². The molecule has 4 rings (SSSR count). The number of anilines is 1. The summed E-state index contributed by atoms with van der Waals surface area (Å²) in [5, 5.41) is 26.4. The first-order valence-corrected chi connectivity index (χ1v) is 11.2. The number of nitrogens with one attached hydrogen (secondary N) is 2. The van der Waals surface area contributed by atoms with Gasteiger partial charge in [-0.05, 0) is 43.9 Å². The van der Waals surface area contributed by atoms with Crippen LogP contribution in [0, 0.1) is 0 Å². The van der Waals surface area contributed by atoms with Crippen LogP contribution in [0.2, 0.25) is 0 Å². The van der Waals surface area contributed by atoms with Crippen molar-refractivity contribution in [3.05, 3.63) is 42.7 Å². The minimum absolute atomic E-state index is 0.0205. The number of likely N-dealkylation sites (tertiary alicyclic amines) is 1. The number of aromatic nitrogens is 2. The molecule has 0 radical (unpaired) electrons. The normalized spacial score (nSPS) is 24.9. The first kappa shape index (κ1) is 24.4. The fourth-order valence-electron chi connectivity index (χ4n) is 4.70. The van der Waals surface area contributed by atoms with E-state index in [-0.39, 0.29) is 29.7 Å². The van der Waals surface area contributed by atoms with E-state index >= 15 is 0 Å². The van der Waals surface area contributed by atoms with Gasteiger partial charge in [0.15, 0.2) is 0 Å². The summed E-state index contributed by atoms with van der Waals surface area (Å²) < 4.78 is 39.1. The molecule has 2 fully saturated rings. The Balaban J connectivity index is 1.25. The lowest BCUT2D eigenvalue weighted by Crippen LogP contribution is -2.63. The first-order valence-electron chi connectivity index (χ1n) is 11.2. The highest BCUT2D eigenvalue weighted by atomic mass is 19.4. The second-order valence-electron chi connectivity index (χ2n) is 9.04.